The number of hydrogen-bond donors (Lipinski definition) is 2. The Bertz CT molecular complexity index is 813. The lowest BCUT2D eigenvalue weighted by molar-refractivity contribution is -0.121. The number of rotatable bonds is 5. The van der Waals surface area contributed by atoms with E-state index in [1.54, 1.807) is 29.2 Å². The Morgan fingerprint density at radius 1 is 1.11 bits per heavy atom. The fourth-order valence-corrected chi connectivity index (χ4v) is 3.09. The van der Waals surface area contributed by atoms with Crippen molar-refractivity contribution in [2.45, 2.75) is 19.0 Å². The summed E-state index contributed by atoms with van der Waals surface area (Å²) in [6, 6.07) is 7.85. The van der Waals surface area contributed by atoms with Crippen LogP contribution in [0.25, 0.3) is 0 Å². The van der Waals surface area contributed by atoms with Crippen molar-refractivity contribution in [3.8, 4) is 0 Å². The first kappa shape index (κ1) is 19.8. The molecule has 9 heteroatoms. The number of furan rings is 1. The number of nitrogens with zero attached hydrogens (tertiary/aromatic N) is 1. The summed E-state index contributed by atoms with van der Waals surface area (Å²) >= 11 is 0. The Balaban J connectivity index is 1.56. The molecule has 2 amide bonds. The van der Waals surface area contributed by atoms with Crippen molar-refractivity contribution in [2.24, 2.45) is 5.92 Å². The van der Waals surface area contributed by atoms with Crippen LogP contribution >= 0.6 is 0 Å². The molecule has 0 atom stereocenters. The third-order valence-electron chi connectivity index (χ3n) is 4.59. The van der Waals surface area contributed by atoms with Gasteiger partial charge >= 0.3 is 6.18 Å². The van der Waals surface area contributed by atoms with Gasteiger partial charge in [-0.25, -0.2) is 0 Å². The molecule has 1 saturated heterocycles. The van der Waals surface area contributed by atoms with Gasteiger partial charge in [0.05, 0.1) is 23.2 Å². The van der Waals surface area contributed by atoms with Gasteiger partial charge in [0.15, 0.2) is 0 Å². The number of nitrogens with one attached hydrogen (secondary N) is 2. The lowest BCUT2D eigenvalue weighted by Gasteiger charge is -2.31. The van der Waals surface area contributed by atoms with Crippen LogP contribution in [-0.2, 0) is 4.79 Å². The van der Waals surface area contributed by atoms with E-state index in [1.807, 2.05) is 0 Å². The van der Waals surface area contributed by atoms with Crippen LogP contribution < -0.4 is 10.6 Å². The van der Waals surface area contributed by atoms with Crippen molar-refractivity contribution in [3.05, 3.63) is 48.4 Å². The summed E-state index contributed by atoms with van der Waals surface area (Å²) in [4.78, 5) is 26.5. The van der Waals surface area contributed by atoms with E-state index in [9.17, 15) is 22.8 Å². The highest BCUT2D eigenvalue weighted by Gasteiger charge is 2.29. The number of carbonyl (C=O) groups excluding carboxylic acids is 2. The molecule has 3 rings (SSSR count). The van der Waals surface area contributed by atoms with E-state index in [4.69, 9.17) is 4.42 Å². The van der Waals surface area contributed by atoms with Gasteiger partial charge in [-0.2, -0.15) is 13.2 Å². The third-order valence-corrected chi connectivity index (χ3v) is 4.59. The summed E-state index contributed by atoms with van der Waals surface area (Å²) in [5.74, 6) is -0.727. The van der Waals surface area contributed by atoms with Crippen LogP contribution in [0.3, 0.4) is 0 Å². The number of benzene rings is 1. The summed E-state index contributed by atoms with van der Waals surface area (Å²) in [5.41, 5.74) is 0.974. The smallest absolute Gasteiger partial charge is 0.405 e. The molecule has 1 aromatic carbocycles. The number of para-hydroxylation sites is 2. The van der Waals surface area contributed by atoms with Crippen molar-refractivity contribution in [1.29, 1.82) is 0 Å². The van der Waals surface area contributed by atoms with Gasteiger partial charge in [0.1, 0.15) is 12.8 Å². The predicted molar refractivity (Wildman–Crippen MR) is 97.0 cm³/mol. The molecule has 0 spiro atoms. The van der Waals surface area contributed by atoms with Gasteiger partial charge in [0.25, 0.3) is 5.91 Å². The molecule has 2 heterocycles. The van der Waals surface area contributed by atoms with E-state index >= 15 is 0 Å². The molecule has 1 aliphatic rings. The molecule has 0 bridgehead atoms. The van der Waals surface area contributed by atoms with E-state index in [0.717, 1.165) is 0 Å². The van der Waals surface area contributed by atoms with Crippen molar-refractivity contribution in [2.75, 3.05) is 30.3 Å². The lowest BCUT2D eigenvalue weighted by atomic mass is 9.95. The number of alkyl halides is 3. The molecule has 1 fully saturated rings. The van der Waals surface area contributed by atoms with Crippen molar-refractivity contribution in [3.63, 3.8) is 0 Å². The number of amides is 2. The monoisotopic (exact) mass is 395 g/mol. The normalized spacial score (nSPS) is 15.3. The van der Waals surface area contributed by atoms with Gasteiger partial charge in [0.2, 0.25) is 5.91 Å². The van der Waals surface area contributed by atoms with E-state index in [0.29, 0.717) is 37.2 Å². The highest BCUT2D eigenvalue weighted by Crippen LogP contribution is 2.26. The van der Waals surface area contributed by atoms with Crippen molar-refractivity contribution < 1.29 is 27.2 Å². The summed E-state index contributed by atoms with van der Waals surface area (Å²) in [7, 11) is 0. The number of likely N-dealkylation sites (tertiary alicyclic amines) is 1. The quantitative estimate of drug-likeness (QED) is 0.809. The van der Waals surface area contributed by atoms with E-state index in [1.165, 1.54) is 18.6 Å². The number of halogens is 3. The molecule has 0 aliphatic carbocycles. The maximum absolute atomic E-state index is 12.5. The molecule has 2 aromatic rings. The van der Waals surface area contributed by atoms with Crippen LogP contribution in [0.15, 0.2) is 47.3 Å². The minimum atomic E-state index is -4.36. The Hall–Kier alpha value is -2.97. The number of piperidine rings is 1. The Morgan fingerprint density at radius 2 is 1.79 bits per heavy atom. The van der Waals surface area contributed by atoms with E-state index in [-0.39, 0.29) is 23.4 Å². The summed E-state index contributed by atoms with van der Waals surface area (Å²) in [6.07, 6.45) is -0.587. The second kappa shape index (κ2) is 8.37. The van der Waals surface area contributed by atoms with Crippen LogP contribution in [0.5, 0.6) is 0 Å². The first-order valence-corrected chi connectivity index (χ1v) is 8.85. The van der Waals surface area contributed by atoms with Crippen LogP contribution in [0.2, 0.25) is 0 Å². The zero-order chi connectivity index (χ0) is 20.1. The number of anilines is 2. The SMILES string of the molecule is O=C(Nc1ccccc1NCC(F)(F)F)C1CCN(C(=O)c2ccoc2)CC1. The molecule has 0 saturated carbocycles. The van der Waals surface area contributed by atoms with Crippen molar-refractivity contribution >= 4 is 23.2 Å². The van der Waals surface area contributed by atoms with Crippen LogP contribution in [0.4, 0.5) is 24.5 Å². The molecule has 2 N–H and O–H groups in total. The van der Waals surface area contributed by atoms with E-state index in [2.05, 4.69) is 10.6 Å². The number of carbonyl (C=O) groups is 2. The standard InChI is InChI=1S/C19H20F3N3O3/c20-19(21,22)12-23-15-3-1-2-4-16(15)24-17(26)13-5-8-25(9-6-13)18(27)14-7-10-28-11-14/h1-4,7,10-11,13,23H,5-6,8-9,12H2,(H,24,26). The zero-order valence-corrected chi connectivity index (χ0v) is 15.0. The fourth-order valence-electron chi connectivity index (χ4n) is 3.09. The number of hydrogen-bond acceptors (Lipinski definition) is 4. The van der Waals surface area contributed by atoms with Gasteiger partial charge in [-0.3, -0.25) is 9.59 Å². The third kappa shape index (κ3) is 5.05. The summed E-state index contributed by atoms with van der Waals surface area (Å²) < 4.78 is 42.2. The highest BCUT2D eigenvalue weighted by molar-refractivity contribution is 5.96. The largest absolute Gasteiger partial charge is 0.472 e. The maximum Gasteiger partial charge on any atom is 0.405 e. The molecule has 150 valence electrons. The molecule has 1 aromatic heterocycles. The Kier molecular flexibility index (Phi) is 5.91. The van der Waals surface area contributed by atoms with Gasteiger partial charge in [-0.1, -0.05) is 12.1 Å². The molecular formula is C19H20F3N3O3. The fraction of sp³-hybridized carbons (Fsp3) is 0.368. The Labute approximate surface area is 159 Å². The zero-order valence-electron chi connectivity index (χ0n) is 15.0. The molecular weight excluding hydrogens is 375 g/mol. The highest BCUT2D eigenvalue weighted by atomic mass is 19.4. The van der Waals surface area contributed by atoms with Gasteiger partial charge in [-0.05, 0) is 31.0 Å². The Morgan fingerprint density at radius 3 is 2.39 bits per heavy atom. The average Bonchev–Trinajstić information content (AvgIpc) is 3.21. The van der Waals surface area contributed by atoms with Crippen LogP contribution in [0, 0.1) is 5.92 Å². The van der Waals surface area contributed by atoms with Crippen LogP contribution in [0.1, 0.15) is 23.2 Å². The minimum absolute atomic E-state index is 0.144. The van der Waals surface area contributed by atoms with Crippen LogP contribution in [-0.4, -0.2) is 42.5 Å². The molecule has 6 nitrogen and oxygen atoms in total. The average molecular weight is 395 g/mol. The molecule has 0 unspecified atom stereocenters. The molecule has 28 heavy (non-hydrogen) atoms. The van der Waals surface area contributed by atoms with Gasteiger partial charge < -0.3 is 20.0 Å². The minimum Gasteiger partial charge on any atom is -0.472 e. The maximum atomic E-state index is 12.5. The topological polar surface area (TPSA) is 74.6 Å². The van der Waals surface area contributed by atoms with Gasteiger partial charge in [0, 0.05) is 19.0 Å². The molecule has 1 aliphatic heterocycles. The van der Waals surface area contributed by atoms with Crippen molar-refractivity contribution in [1.82, 2.24) is 4.90 Å². The first-order chi connectivity index (χ1) is 13.3. The van der Waals surface area contributed by atoms with Gasteiger partial charge in [-0.15, -0.1) is 0 Å². The summed E-state index contributed by atoms with van der Waals surface area (Å²) in [6.45, 7) is -0.333. The first-order valence-electron chi connectivity index (χ1n) is 8.85. The predicted octanol–water partition coefficient (Wildman–Crippen LogP) is 3.74. The second-order valence-electron chi connectivity index (χ2n) is 6.58. The molecule has 0 radical (unpaired) electrons. The second-order valence-corrected chi connectivity index (χ2v) is 6.58. The summed E-state index contributed by atoms with van der Waals surface area (Å²) in [5, 5.41) is 5.00. The van der Waals surface area contributed by atoms with E-state index < -0.39 is 12.7 Å². The lowest BCUT2D eigenvalue weighted by Crippen LogP contribution is -2.41.